The van der Waals surface area contributed by atoms with Gasteiger partial charge in [0.05, 0.1) is 18.2 Å². The Morgan fingerprint density at radius 3 is 2.43 bits per heavy atom. The highest BCUT2D eigenvalue weighted by Gasteiger charge is 2.00. The molecule has 0 saturated carbocycles. The Morgan fingerprint density at radius 1 is 1.29 bits per heavy atom. The average Bonchev–Trinajstić information content (AvgIpc) is 2.18. The summed E-state index contributed by atoms with van der Waals surface area (Å²) in [6.45, 7) is 0.0933. The van der Waals surface area contributed by atoms with Crippen molar-refractivity contribution >= 4 is 0 Å². The van der Waals surface area contributed by atoms with Crippen LogP contribution in [0.1, 0.15) is 11.1 Å². The quantitative estimate of drug-likeness (QED) is 0.798. The summed E-state index contributed by atoms with van der Waals surface area (Å²) < 4.78 is 23.5. The van der Waals surface area contributed by atoms with Gasteiger partial charge in [0.15, 0.2) is 0 Å². The number of nitrogens with zero attached hydrogens (tertiary/aromatic N) is 1. The summed E-state index contributed by atoms with van der Waals surface area (Å²) in [7, 11) is 0. The molecule has 0 aliphatic heterocycles. The van der Waals surface area contributed by atoms with E-state index < -0.39 is 6.43 Å². The topological polar surface area (TPSA) is 35.8 Å². The van der Waals surface area contributed by atoms with Gasteiger partial charge in [-0.1, -0.05) is 12.1 Å². The minimum Gasteiger partial charge on any atom is -0.307 e. The first kappa shape index (κ1) is 10.6. The van der Waals surface area contributed by atoms with Gasteiger partial charge in [-0.2, -0.15) is 5.26 Å². The van der Waals surface area contributed by atoms with Gasteiger partial charge >= 0.3 is 0 Å². The Balaban J connectivity index is 2.41. The van der Waals surface area contributed by atoms with Crippen LogP contribution in [0, 0.1) is 11.3 Å². The summed E-state index contributed by atoms with van der Waals surface area (Å²) in [4.78, 5) is 0. The molecule has 1 rings (SSSR count). The number of rotatable bonds is 4. The first-order chi connectivity index (χ1) is 6.72. The Bertz CT molecular complexity index is 314. The third kappa shape index (κ3) is 3.50. The van der Waals surface area contributed by atoms with Gasteiger partial charge in [0.2, 0.25) is 0 Å². The van der Waals surface area contributed by atoms with Crippen molar-refractivity contribution in [1.29, 1.82) is 5.26 Å². The largest absolute Gasteiger partial charge is 0.307 e. The van der Waals surface area contributed by atoms with E-state index in [1.807, 2.05) is 6.07 Å². The molecule has 0 fully saturated rings. The van der Waals surface area contributed by atoms with Gasteiger partial charge in [-0.05, 0) is 17.7 Å². The van der Waals surface area contributed by atoms with Gasteiger partial charge in [-0.15, -0.1) is 0 Å². The number of halogens is 2. The zero-order chi connectivity index (χ0) is 10.4. The molecule has 0 amide bonds. The van der Waals surface area contributed by atoms with Crippen LogP contribution in [0.25, 0.3) is 0 Å². The molecule has 1 aromatic carbocycles. The Morgan fingerprint density at radius 2 is 1.93 bits per heavy atom. The molecular weight excluding hydrogens is 186 g/mol. The smallest absolute Gasteiger partial charge is 0.250 e. The van der Waals surface area contributed by atoms with Gasteiger partial charge in [0, 0.05) is 6.54 Å². The van der Waals surface area contributed by atoms with E-state index in [2.05, 4.69) is 5.32 Å². The van der Waals surface area contributed by atoms with E-state index in [0.717, 1.165) is 5.56 Å². The molecule has 1 N–H and O–H groups in total. The fourth-order valence-corrected chi connectivity index (χ4v) is 1.02. The van der Waals surface area contributed by atoms with Gasteiger partial charge in [-0.3, -0.25) is 0 Å². The zero-order valence-corrected chi connectivity index (χ0v) is 7.50. The van der Waals surface area contributed by atoms with E-state index >= 15 is 0 Å². The maximum Gasteiger partial charge on any atom is 0.250 e. The predicted molar refractivity (Wildman–Crippen MR) is 48.9 cm³/mol. The number of hydrogen-bond donors (Lipinski definition) is 1. The van der Waals surface area contributed by atoms with E-state index in [-0.39, 0.29) is 6.54 Å². The minimum absolute atomic E-state index is 0.306. The molecular formula is C10H10F2N2. The molecule has 0 heterocycles. The molecule has 0 aliphatic rings. The number of nitrogens with one attached hydrogen (secondary N) is 1. The molecule has 0 bridgehead atoms. The van der Waals surface area contributed by atoms with Crippen LogP contribution in [0.5, 0.6) is 0 Å². The maximum absolute atomic E-state index is 11.8. The van der Waals surface area contributed by atoms with E-state index in [1.54, 1.807) is 24.3 Å². The number of nitriles is 1. The summed E-state index contributed by atoms with van der Waals surface area (Å²) in [6.07, 6.45) is -2.33. The molecule has 0 aromatic heterocycles. The lowest BCUT2D eigenvalue weighted by atomic mass is 10.1. The van der Waals surface area contributed by atoms with E-state index in [4.69, 9.17) is 5.26 Å². The van der Waals surface area contributed by atoms with Crippen molar-refractivity contribution in [2.45, 2.75) is 13.0 Å². The number of hydrogen-bond acceptors (Lipinski definition) is 2. The van der Waals surface area contributed by atoms with Crippen molar-refractivity contribution in [2.75, 3.05) is 6.54 Å². The highest BCUT2D eigenvalue weighted by molar-refractivity contribution is 5.31. The van der Waals surface area contributed by atoms with Crippen LogP contribution in [0.2, 0.25) is 0 Å². The highest BCUT2D eigenvalue weighted by Crippen LogP contribution is 2.02. The molecule has 0 saturated heterocycles. The van der Waals surface area contributed by atoms with Crippen LogP contribution < -0.4 is 5.32 Å². The van der Waals surface area contributed by atoms with Crippen LogP contribution >= 0.6 is 0 Å². The normalized spacial score (nSPS) is 10.1. The lowest BCUT2D eigenvalue weighted by Gasteiger charge is -2.03. The van der Waals surface area contributed by atoms with Crippen molar-refractivity contribution < 1.29 is 8.78 Å². The van der Waals surface area contributed by atoms with E-state index in [1.165, 1.54) is 0 Å². The number of alkyl halides is 2. The summed E-state index contributed by atoms with van der Waals surface area (Å²) in [6, 6.07) is 8.81. The molecule has 74 valence electrons. The molecule has 0 aliphatic carbocycles. The zero-order valence-electron chi connectivity index (χ0n) is 7.50. The molecule has 0 radical (unpaired) electrons. The monoisotopic (exact) mass is 196 g/mol. The first-order valence-corrected chi connectivity index (χ1v) is 4.20. The average molecular weight is 196 g/mol. The third-order valence-corrected chi connectivity index (χ3v) is 1.71. The summed E-state index contributed by atoms with van der Waals surface area (Å²) in [5.41, 5.74) is 1.47. The van der Waals surface area contributed by atoms with Crippen LogP contribution in [0.4, 0.5) is 8.78 Å². The Kier molecular flexibility index (Phi) is 4.02. The van der Waals surface area contributed by atoms with Gasteiger partial charge < -0.3 is 5.32 Å². The van der Waals surface area contributed by atoms with Crippen molar-refractivity contribution in [3.63, 3.8) is 0 Å². The minimum atomic E-state index is -2.33. The molecule has 14 heavy (non-hydrogen) atoms. The van der Waals surface area contributed by atoms with Crippen molar-refractivity contribution in [3.8, 4) is 6.07 Å². The van der Waals surface area contributed by atoms with E-state index in [9.17, 15) is 8.78 Å². The fraction of sp³-hybridized carbons (Fsp3) is 0.300. The molecule has 0 atom stereocenters. The van der Waals surface area contributed by atoms with Crippen LogP contribution in [0.15, 0.2) is 24.3 Å². The predicted octanol–water partition coefficient (Wildman–Crippen LogP) is 1.91. The van der Waals surface area contributed by atoms with Crippen LogP contribution in [0.3, 0.4) is 0 Å². The van der Waals surface area contributed by atoms with Crippen molar-refractivity contribution in [2.24, 2.45) is 0 Å². The van der Waals surface area contributed by atoms with Crippen molar-refractivity contribution in [3.05, 3.63) is 35.4 Å². The van der Waals surface area contributed by atoms with Crippen LogP contribution in [-0.2, 0) is 6.54 Å². The molecule has 2 nitrogen and oxygen atoms in total. The summed E-state index contributed by atoms with van der Waals surface area (Å²) in [5, 5.41) is 11.1. The highest BCUT2D eigenvalue weighted by atomic mass is 19.3. The molecule has 1 aromatic rings. The first-order valence-electron chi connectivity index (χ1n) is 4.20. The second kappa shape index (κ2) is 5.30. The summed E-state index contributed by atoms with van der Waals surface area (Å²) in [5.74, 6) is 0. The van der Waals surface area contributed by atoms with Gasteiger partial charge in [-0.25, -0.2) is 8.78 Å². The molecule has 0 unspecified atom stereocenters. The Labute approximate surface area is 81.2 Å². The molecule has 0 spiro atoms. The fourth-order valence-electron chi connectivity index (χ4n) is 1.02. The molecule has 4 heteroatoms. The van der Waals surface area contributed by atoms with Crippen molar-refractivity contribution in [1.82, 2.24) is 5.32 Å². The third-order valence-electron chi connectivity index (χ3n) is 1.71. The second-order valence-electron chi connectivity index (χ2n) is 2.83. The van der Waals surface area contributed by atoms with E-state index in [0.29, 0.717) is 12.1 Å². The van der Waals surface area contributed by atoms with Gasteiger partial charge in [0.25, 0.3) is 6.43 Å². The SMILES string of the molecule is N#Cc1ccc(CNCC(F)F)cc1. The maximum atomic E-state index is 11.8. The lowest BCUT2D eigenvalue weighted by Crippen LogP contribution is -2.20. The van der Waals surface area contributed by atoms with Gasteiger partial charge in [0.1, 0.15) is 0 Å². The van der Waals surface area contributed by atoms with Crippen LogP contribution in [-0.4, -0.2) is 13.0 Å². The second-order valence-corrected chi connectivity index (χ2v) is 2.83. The number of benzene rings is 1. The Hall–Kier alpha value is -1.47. The lowest BCUT2D eigenvalue weighted by molar-refractivity contribution is 0.145. The standard InChI is InChI=1S/C10H10F2N2/c11-10(12)7-14-6-9-3-1-8(5-13)2-4-9/h1-4,10,14H,6-7H2. The summed E-state index contributed by atoms with van der Waals surface area (Å²) >= 11 is 0.